The van der Waals surface area contributed by atoms with E-state index in [4.69, 9.17) is 4.74 Å². The van der Waals surface area contributed by atoms with Crippen LogP contribution < -0.4 is 0 Å². The molecule has 0 atom stereocenters. The van der Waals surface area contributed by atoms with E-state index in [9.17, 15) is 23.3 Å². The second-order valence-corrected chi connectivity index (χ2v) is 3.34. The average molecular weight is 261 g/mol. The topological polar surface area (TPSA) is 52.4 Å². The van der Waals surface area contributed by atoms with Gasteiger partial charge in [0, 0.05) is 17.7 Å². The quantitative estimate of drug-likeness (QED) is 0.472. The van der Waals surface area contributed by atoms with Crippen molar-refractivity contribution in [2.45, 2.75) is 13.1 Å². The van der Waals surface area contributed by atoms with Crippen molar-refractivity contribution in [2.24, 2.45) is 0 Å². The lowest BCUT2D eigenvalue weighted by molar-refractivity contribution is -0.385. The number of nitrogens with zero attached hydrogens (tertiary/aromatic N) is 1. The van der Waals surface area contributed by atoms with Gasteiger partial charge >= 0.3 is 6.18 Å². The maximum atomic E-state index is 12.8. The summed E-state index contributed by atoms with van der Waals surface area (Å²) in [6, 6.07) is 2.44. The monoisotopic (exact) mass is 261 g/mol. The molecule has 0 spiro atoms. The van der Waals surface area contributed by atoms with E-state index in [1.165, 1.54) is 0 Å². The molecule has 0 heterocycles. The Kier molecular flexibility index (Phi) is 3.95. The molecule has 7 heteroatoms. The Hall–Kier alpha value is -2.05. The Balaban J connectivity index is 3.34. The molecule has 1 aromatic rings. The number of halogens is 3. The molecule has 0 saturated heterocycles. The Morgan fingerprint density at radius 2 is 2.11 bits per heavy atom. The summed E-state index contributed by atoms with van der Waals surface area (Å²) in [6.07, 6.45) is -4.71. The number of ether oxygens (including phenoxy) is 1. The molecule has 0 fully saturated rings. The van der Waals surface area contributed by atoms with Crippen LogP contribution in [0.1, 0.15) is 18.1 Å². The fraction of sp³-hybridized carbons (Fsp3) is 0.273. The average Bonchev–Trinajstić information content (AvgIpc) is 2.27. The van der Waals surface area contributed by atoms with Crippen molar-refractivity contribution in [3.63, 3.8) is 0 Å². The fourth-order valence-electron chi connectivity index (χ4n) is 1.38. The molecule has 0 aliphatic rings. The lowest BCUT2D eigenvalue weighted by Gasteiger charge is -2.14. The predicted molar refractivity (Wildman–Crippen MR) is 58.8 cm³/mol. The van der Waals surface area contributed by atoms with Gasteiger partial charge in [-0.25, -0.2) is 0 Å². The maximum absolute atomic E-state index is 12.8. The fourth-order valence-corrected chi connectivity index (χ4v) is 1.38. The molecule has 0 radical (unpaired) electrons. The van der Waals surface area contributed by atoms with Crippen LogP contribution in [-0.4, -0.2) is 11.5 Å². The van der Waals surface area contributed by atoms with Gasteiger partial charge in [0.2, 0.25) is 0 Å². The molecule has 0 saturated carbocycles. The molecular weight excluding hydrogens is 251 g/mol. The lowest BCUT2D eigenvalue weighted by Crippen LogP contribution is -2.10. The van der Waals surface area contributed by atoms with E-state index in [-0.39, 0.29) is 17.9 Å². The standard InChI is InChI=1S/C11H10F3NO3/c1-3-18-7(2)9-5-4-8(15(16)17)6-10(9)11(12,13)14/h4-6H,2-3H2,1H3. The van der Waals surface area contributed by atoms with Gasteiger partial charge in [0.15, 0.2) is 0 Å². The third-order valence-corrected chi connectivity index (χ3v) is 2.14. The van der Waals surface area contributed by atoms with E-state index in [1.807, 2.05) is 0 Å². The van der Waals surface area contributed by atoms with Gasteiger partial charge in [0.05, 0.1) is 17.1 Å². The van der Waals surface area contributed by atoms with Crippen LogP contribution in [0.4, 0.5) is 18.9 Å². The first-order chi connectivity index (χ1) is 8.27. The van der Waals surface area contributed by atoms with Crippen molar-refractivity contribution in [1.29, 1.82) is 0 Å². The van der Waals surface area contributed by atoms with Crippen LogP contribution in [0.15, 0.2) is 24.8 Å². The predicted octanol–water partition coefficient (Wildman–Crippen LogP) is 3.62. The van der Waals surface area contributed by atoms with Crippen LogP contribution in [0, 0.1) is 10.1 Å². The zero-order valence-corrected chi connectivity index (χ0v) is 9.45. The van der Waals surface area contributed by atoms with Crippen molar-refractivity contribution < 1.29 is 22.8 Å². The second kappa shape index (κ2) is 5.07. The SMILES string of the molecule is C=C(OCC)c1ccc([N+](=O)[O-])cc1C(F)(F)F. The van der Waals surface area contributed by atoms with Crippen molar-refractivity contribution in [3.8, 4) is 0 Å². The van der Waals surface area contributed by atoms with E-state index in [2.05, 4.69) is 6.58 Å². The normalized spacial score (nSPS) is 11.1. The summed E-state index contributed by atoms with van der Waals surface area (Å²) in [5, 5.41) is 10.5. The molecule has 0 aliphatic heterocycles. The van der Waals surface area contributed by atoms with Crippen LogP contribution in [-0.2, 0) is 10.9 Å². The zero-order valence-electron chi connectivity index (χ0n) is 9.45. The molecular formula is C11H10F3NO3. The number of nitro benzene ring substituents is 1. The van der Waals surface area contributed by atoms with Crippen molar-refractivity contribution in [1.82, 2.24) is 0 Å². The third-order valence-electron chi connectivity index (χ3n) is 2.14. The van der Waals surface area contributed by atoms with Crippen LogP contribution in [0.5, 0.6) is 0 Å². The van der Waals surface area contributed by atoms with Gasteiger partial charge in [-0.15, -0.1) is 0 Å². The summed E-state index contributed by atoms with van der Waals surface area (Å²) in [5.74, 6) is -0.167. The van der Waals surface area contributed by atoms with Gasteiger partial charge in [-0.3, -0.25) is 10.1 Å². The zero-order chi connectivity index (χ0) is 13.9. The highest BCUT2D eigenvalue weighted by Gasteiger charge is 2.35. The van der Waals surface area contributed by atoms with Gasteiger partial charge in [-0.2, -0.15) is 13.2 Å². The number of benzene rings is 1. The molecule has 0 N–H and O–H groups in total. The van der Waals surface area contributed by atoms with E-state index in [0.29, 0.717) is 6.07 Å². The van der Waals surface area contributed by atoms with Crippen molar-refractivity contribution >= 4 is 11.4 Å². The van der Waals surface area contributed by atoms with Gasteiger partial charge in [-0.05, 0) is 13.0 Å². The second-order valence-electron chi connectivity index (χ2n) is 3.34. The molecule has 0 bridgehead atoms. The first kappa shape index (κ1) is 14.0. The van der Waals surface area contributed by atoms with E-state index < -0.39 is 22.4 Å². The molecule has 18 heavy (non-hydrogen) atoms. The number of hydrogen-bond donors (Lipinski definition) is 0. The molecule has 98 valence electrons. The third kappa shape index (κ3) is 2.99. The van der Waals surface area contributed by atoms with Crippen LogP contribution in [0.3, 0.4) is 0 Å². The molecule has 1 aromatic carbocycles. The van der Waals surface area contributed by atoms with E-state index >= 15 is 0 Å². The van der Waals surface area contributed by atoms with Crippen molar-refractivity contribution in [3.05, 3.63) is 46.0 Å². The summed E-state index contributed by atoms with van der Waals surface area (Å²) in [5.41, 5.74) is -2.06. The summed E-state index contributed by atoms with van der Waals surface area (Å²) in [7, 11) is 0. The Bertz CT molecular complexity index is 483. The lowest BCUT2D eigenvalue weighted by atomic mass is 10.0. The maximum Gasteiger partial charge on any atom is 0.417 e. The molecule has 0 amide bonds. The number of rotatable bonds is 4. The highest BCUT2D eigenvalue weighted by atomic mass is 19.4. The Labute approximate surface area is 101 Å². The largest absolute Gasteiger partial charge is 0.494 e. The van der Waals surface area contributed by atoms with E-state index in [0.717, 1.165) is 12.1 Å². The van der Waals surface area contributed by atoms with Gasteiger partial charge in [0.25, 0.3) is 5.69 Å². The Morgan fingerprint density at radius 1 is 1.50 bits per heavy atom. The van der Waals surface area contributed by atoms with Crippen LogP contribution >= 0.6 is 0 Å². The molecule has 1 rings (SSSR count). The number of hydrogen-bond acceptors (Lipinski definition) is 3. The van der Waals surface area contributed by atoms with Gasteiger partial charge < -0.3 is 4.74 Å². The summed E-state index contributed by atoms with van der Waals surface area (Å²) in [4.78, 5) is 9.59. The minimum absolute atomic E-state index is 0.160. The van der Waals surface area contributed by atoms with E-state index in [1.54, 1.807) is 6.92 Å². The van der Waals surface area contributed by atoms with Gasteiger partial charge in [0.1, 0.15) is 5.76 Å². The van der Waals surface area contributed by atoms with Crippen LogP contribution in [0.2, 0.25) is 0 Å². The highest BCUT2D eigenvalue weighted by Crippen LogP contribution is 2.36. The van der Waals surface area contributed by atoms with Crippen LogP contribution in [0.25, 0.3) is 5.76 Å². The van der Waals surface area contributed by atoms with Crippen molar-refractivity contribution in [2.75, 3.05) is 6.61 Å². The molecule has 0 unspecified atom stereocenters. The first-order valence-corrected chi connectivity index (χ1v) is 4.95. The number of alkyl halides is 3. The molecule has 4 nitrogen and oxygen atoms in total. The first-order valence-electron chi connectivity index (χ1n) is 4.95. The smallest absolute Gasteiger partial charge is 0.417 e. The molecule has 0 aliphatic carbocycles. The number of nitro groups is 1. The summed E-state index contributed by atoms with van der Waals surface area (Å²) < 4.78 is 43.2. The number of non-ortho nitro benzene ring substituents is 1. The minimum Gasteiger partial charge on any atom is -0.494 e. The summed E-state index contributed by atoms with van der Waals surface area (Å²) in [6.45, 7) is 5.13. The Morgan fingerprint density at radius 3 is 2.56 bits per heavy atom. The highest BCUT2D eigenvalue weighted by molar-refractivity contribution is 5.63. The van der Waals surface area contributed by atoms with Gasteiger partial charge in [-0.1, -0.05) is 6.58 Å². The minimum atomic E-state index is -4.71. The summed E-state index contributed by atoms with van der Waals surface area (Å²) >= 11 is 0. The molecule has 0 aromatic heterocycles.